The minimum atomic E-state index is -4.60. The summed E-state index contributed by atoms with van der Waals surface area (Å²) in [5.74, 6) is -0.196. The fourth-order valence-corrected chi connectivity index (χ4v) is 10.1. The average Bonchev–Trinajstić information content (AvgIpc) is 3.35. The maximum absolute atomic E-state index is 13.0. The van der Waals surface area contributed by atoms with E-state index in [1.54, 1.807) is 6.08 Å². The molecule has 0 spiro atoms. The summed E-state index contributed by atoms with van der Waals surface area (Å²) in [6.07, 6.45) is 73.4. The Morgan fingerprint density at radius 1 is 0.479 bits per heavy atom. The second-order valence-corrected chi connectivity index (χ2v) is 24.2. The van der Waals surface area contributed by atoms with Crippen LogP contribution in [-0.4, -0.2) is 68.5 Å². The number of likely N-dealkylation sites (N-methyl/N-ethyl adjacent to an activating group) is 1. The van der Waals surface area contributed by atoms with Gasteiger partial charge in [-0.1, -0.05) is 287 Å². The van der Waals surface area contributed by atoms with Crippen molar-refractivity contribution in [2.45, 2.75) is 315 Å². The third-order valence-electron chi connectivity index (χ3n) is 14.3. The maximum Gasteiger partial charge on any atom is 0.268 e. The molecule has 0 aromatic rings. The van der Waals surface area contributed by atoms with Crippen LogP contribution in [0.4, 0.5) is 0 Å². The number of amides is 1. The molecule has 0 aliphatic carbocycles. The van der Waals surface area contributed by atoms with Gasteiger partial charge in [-0.25, -0.2) is 0 Å². The van der Waals surface area contributed by atoms with Gasteiger partial charge in [0, 0.05) is 6.42 Å². The molecule has 0 aliphatic heterocycles. The van der Waals surface area contributed by atoms with Gasteiger partial charge in [0.2, 0.25) is 5.91 Å². The first-order valence-electron chi connectivity index (χ1n) is 31.5. The number of hydrogen-bond donors (Lipinski definition) is 2. The molecular weight excluding hydrogens is 924 g/mol. The van der Waals surface area contributed by atoms with Gasteiger partial charge in [0.15, 0.2) is 0 Å². The van der Waals surface area contributed by atoms with Crippen LogP contribution in [0.25, 0.3) is 0 Å². The van der Waals surface area contributed by atoms with Crippen molar-refractivity contribution in [3.8, 4) is 0 Å². The van der Waals surface area contributed by atoms with Crippen LogP contribution in [0.5, 0.6) is 0 Å². The number of allylic oxidation sites excluding steroid dienone is 7. The predicted octanol–water partition coefficient (Wildman–Crippen LogP) is 18.9. The molecule has 8 nitrogen and oxygen atoms in total. The number of unbranched alkanes of at least 4 members (excludes halogenated alkanes) is 39. The number of carbonyl (C=O) groups is 1. The van der Waals surface area contributed by atoms with Gasteiger partial charge < -0.3 is 28.8 Å². The van der Waals surface area contributed by atoms with Crippen LogP contribution in [0.3, 0.4) is 0 Å². The normalized spacial score (nSPS) is 14.1. The molecular formula is C64H123N2O6P. The second-order valence-electron chi connectivity index (χ2n) is 22.8. The minimum Gasteiger partial charge on any atom is -0.756 e. The number of phosphoric ester groups is 1. The first-order chi connectivity index (χ1) is 35.5. The maximum atomic E-state index is 13.0. The van der Waals surface area contributed by atoms with Crippen LogP contribution in [0.15, 0.2) is 48.6 Å². The molecule has 9 heteroatoms. The van der Waals surface area contributed by atoms with Crippen molar-refractivity contribution in [2.75, 3.05) is 40.9 Å². The fraction of sp³-hybridized carbons (Fsp3) is 0.859. The van der Waals surface area contributed by atoms with Crippen LogP contribution in [0, 0.1) is 0 Å². The number of nitrogens with one attached hydrogen (secondary N) is 1. The van der Waals surface area contributed by atoms with Crippen LogP contribution in [0.2, 0.25) is 0 Å². The summed E-state index contributed by atoms with van der Waals surface area (Å²) in [5.41, 5.74) is 0. The van der Waals surface area contributed by atoms with E-state index in [2.05, 4.69) is 55.6 Å². The lowest BCUT2D eigenvalue weighted by atomic mass is 10.0. The monoisotopic (exact) mass is 1050 g/mol. The highest BCUT2D eigenvalue weighted by atomic mass is 31.2. The topological polar surface area (TPSA) is 108 Å². The number of rotatable bonds is 58. The van der Waals surface area contributed by atoms with Crippen molar-refractivity contribution in [1.82, 2.24) is 5.32 Å². The molecule has 0 aromatic heterocycles. The molecule has 0 rings (SSSR count). The molecule has 0 bridgehead atoms. The number of carbonyl (C=O) groups excluding carboxylic acids is 1. The van der Waals surface area contributed by atoms with Gasteiger partial charge in [-0.3, -0.25) is 9.36 Å². The summed E-state index contributed by atoms with van der Waals surface area (Å²) in [5, 5.41) is 13.9. The molecule has 0 heterocycles. The van der Waals surface area contributed by atoms with Crippen molar-refractivity contribution in [3.63, 3.8) is 0 Å². The predicted molar refractivity (Wildman–Crippen MR) is 316 cm³/mol. The van der Waals surface area contributed by atoms with E-state index < -0.39 is 20.0 Å². The van der Waals surface area contributed by atoms with E-state index in [9.17, 15) is 19.4 Å². The van der Waals surface area contributed by atoms with Gasteiger partial charge >= 0.3 is 0 Å². The molecule has 0 aromatic carbocycles. The van der Waals surface area contributed by atoms with Crippen LogP contribution >= 0.6 is 7.82 Å². The van der Waals surface area contributed by atoms with Crippen molar-refractivity contribution in [2.24, 2.45) is 0 Å². The van der Waals surface area contributed by atoms with Gasteiger partial charge in [0.05, 0.1) is 39.9 Å². The van der Waals surface area contributed by atoms with Crippen molar-refractivity contribution >= 4 is 13.7 Å². The molecule has 0 radical (unpaired) electrons. The third-order valence-corrected chi connectivity index (χ3v) is 15.2. The van der Waals surface area contributed by atoms with Gasteiger partial charge in [0.1, 0.15) is 13.2 Å². The number of aliphatic hydroxyl groups excluding tert-OH is 1. The smallest absolute Gasteiger partial charge is 0.268 e. The molecule has 0 saturated carbocycles. The lowest BCUT2D eigenvalue weighted by Gasteiger charge is -2.29. The van der Waals surface area contributed by atoms with Gasteiger partial charge in [-0.05, 0) is 57.8 Å². The largest absolute Gasteiger partial charge is 0.756 e. The summed E-state index contributed by atoms with van der Waals surface area (Å²) < 4.78 is 23.4. The molecule has 2 N–H and O–H groups in total. The highest BCUT2D eigenvalue weighted by Crippen LogP contribution is 2.38. The lowest BCUT2D eigenvalue weighted by Crippen LogP contribution is -2.45. The molecule has 3 unspecified atom stereocenters. The second kappa shape index (κ2) is 55.2. The number of aliphatic hydroxyl groups is 1. The minimum absolute atomic E-state index is 0.00148. The zero-order valence-corrected chi connectivity index (χ0v) is 50.0. The van der Waals surface area contributed by atoms with Crippen molar-refractivity contribution in [3.05, 3.63) is 48.6 Å². The van der Waals surface area contributed by atoms with Crippen molar-refractivity contribution < 1.29 is 32.9 Å². The number of phosphoric acid groups is 1. The van der Waals surface area contributed by atoms with Crippen LogP contribution in [0.1, 0.15) is 303 Å². The Morgan fingerprint density at radius 3 is 1.15 bits per heavy atom. The highest BCUT2D eigenvalue weighted by molar-refractivity contribution is 7.45. The van der Waals surface area contributed by atoms with E-state index in [0.29, 0.717) is 17.4 Å². The number of hydrogen-bond acceptors (Lipinski definition) is 6. The van der Waals surface area contributed by atoms with Gasteiger partial charge in [0.25, 0.3) is 7.82 Å². The van der Waals surface area contributed by atoms with Crippen LogP contribution in [-0.2, 0) is 18.4 Å². The number of nitrogens with zero attached hydrogens (tertiary/aromatic N) is 1. The fourth-order valence-electron chi connectivity index (χ4n) is 9.34. The SMILES string of the molecule is CCCCCCC/C=C\C/C=C\C/C=C\CCCCCCCCCCCCCCC(=O)NC(COP(=O)([O-])OCC[N+](C)(C)C)C(O)/C=C/CCCCCCCCCCCCCCCCCCCCCCCC. The first-order valence-corrected chi connectivity index (χ1v) is 33.0. The molecule has 0 fully saturated rings. The highest BCUT2D eigenvalue weighted by Gasteiger charge is 2.23. The third kappa shape index (κ3) is 58.0. The number of quaternary nitrogens is 1. The Hall–Kier alpha value is -1.54. The molecule has 0 saturated heterocycles. The van der Waals surface area contributed by atoms with Gasteiger partial charge in [-0.15, -0.1) is 0 Å². The zero-order chi connectivity index (χ0) is 53.5. The zero-order valence-electron chi connectivity index (χ0n) is 49.1. The van der Waals surface area contributed by atoms with Crippen LogP contribution < -0.4 is 10.2 Å². The summed E-state index contributed by atoms with van der Waals surface area (Å²) >= 11 is 0. The Morgan fingerprint density at radius 2 is 0.795 bits per heavy atom. The Balaban J connectivity index is 4.16. The summed E-state index contributed by atoms with van der Waals surface area (Å²) in [6.45, 7) is 4.67. The van der Waals surface area contributed by atoms with E-state index in [1.165, 1.54) is 231 Å². The van der Waals surface area contributed by atoms with E-state index in [4.69, 9.17) is 9.05 Å². The van der Waals surface area contributed by atoms with E-state index >= 15 is 0 Å². The van der Waals surface area contributed by atoms with E-state index in [-0.39, 0.29) is 19.1 Å². The summed E-state index contributed by atoms with van der Waals surface area (Å²) in [4.78, 5) is 25.6. The Bertz CT molecular complexity index is 1330. The van der Waals surface area contributed by atoms with E-state index in [1.807, 2.05) is 27.2 Å². The summed E-state index contributed by atoms with van der Waals surface area (Å²) in [7, 11) is 1.27. The molecule has 430 valence electrons. The quantitative estimate of drug-likeness (QED) is 0.0272. The summed E-state index contributed by atoms with van der Waals surface area (Å²) in [6, 6.07) is -0.890. The average molecular weight is 1050 g/mol. The molecule has 0 aliphatic rings. The van der Waals surface area contributed by atoms with E-state index in [0.717, 1.165) is 51.4 Å². The molecule has 3 atom stereocenters. The standard InChI is InChI=1S/C64H123N2O6P/c1-6-8-10-12-14-16-18-20-22-24-26-28-30-32-33-34-36-38-40-42-44-46-48-50-52-54-56-58-64(68)65-62(61-72-73(69,70)71-60-59-66(3,4)5)63(67)57-55-53-51-49-47-45-43-41-39-37-35-31-29-27-25-23-21-19-17-15-13-11-9-7-2/h18,20,24,26,30,32,55,57,62-63,67H,6-17,19,21-23,25,27-29,31,33-54,56,58-61H2,1-5H3,(H-,65,68,69,70)/b20-18-,26-24-,32-30-,57-55+. The molecule has 1 amide bonds. The lowest BCUT2D eigenvalue weighted by molar-refractivity contribution is -0.870. The van der Waals surface area contributed by atoms with Gasteiger partial charge in [-0.2, -0.15) is 0 Å². The van der Waals surface area contributed by atoms with Crippen molar-refractivity contribution in [1.29, 1.82) is 0 Å². The first kappa shape index (κ1) is 71.5. The molecule has 73 heavy (non-hydrogen) atoms. The Labute approximate surface area is 454 Å². The Kier molecular flexibility index (Phi) is 54.1.